The van der Waals surface area contributed by atoms with Gasteiger partial charge in [-0.1, -0.05) is 11.6 Å². The zero-order valence-corrected chi connectivity index (χ0v) is 12.0. The van der Waals surface area contributed by atoms with E-state index in [1.807, 2.05) is 27.7 Å². The van der Waals surface area contributed by atoms with E-state index in [0.29, 0.717) is 16.5 Å². The van der Waals surface area contributed by atoms with Crippen molar-refractivity contribution in [2.24, 2.45) is 0 Å². The van der Waals surface area contributed by atoms with Gasteiger partial charge in [-0.25, -0.2) is 4.79 Å². The number of anilines is 1. The molecule has 0 unspecified atom stereocenters. The maximum atomic E-state index is 11.7. The molecule has 0 saturated carbocycles. The van der Waals surface area contributed by atoms with Crippen LogP contribution in [0.2, 0.25) is 5.02 Å². The fourth-order valence-electron chi connectivity index (χ4n) is 1.36. The summed E-state index contributed by atoms with van der Waals surface area (Å²) in [4.78, 5) is 11.7. The fourth-order valence-corrected chi connectivity index (χ4v) is 1.65. The second-order valence-electron chi connectivity index (χ2n) is 4.93. The summed E-state index contributed by atoms with van der Waals surface area (Å²) in [6.45, 7) is 7.27. The number of aryl methyl sites for hydroxylation is 1. The molecule has 0 heterocycles. The SMILES string of the molecule is COc1cc(NC(=O)OC(C)(C)C)c(C)cc1Cl. The molecule has 0 spiro atoms. The second-order valence-corrected chi connectivity index (χ2v) is 5.34. The van der Waals surface area contributed by atoms with Crippen LogP contribution >= 0.6 is 11.6 Å². The Balaban J connectivity index is 2.88. The number of ether oxygens (including phenoxy) is 2. The topological polar surface area (TPSA) is 47.6 Å². The first-order valence-corrected chi connectivity index (χ1v) is 5.95. The number of nitrogens with one attached hydrogen (secondary N) is 1. The van der Waals surface area contributed by atoms with Crippen molar-refractivity contribution in [3.63, 3.8) is 0 Å². The zero-order chi connectivity index (χ0) is 13.9. The van der Waals surface area contributed by atoms with Gasteiger partial charge in [-0.15, -0.1) is 0 Å². The third-order valence-electron chi connectivity index (χ3n) is 2.13. The average Bonchev–Trinajstić information content (AvgIpc) is 2.19. The van der Waals surface area contributed by atoms with Crippen molar-refractivity contribution >= 4 is 23.4 Å². The first kappa shape index (κ1) is 14.6. The number of hydrogen-bond acceptors (Lipinski definition) is 3. The molecule has 4 nitrogen and oxygen atoms in total. The maximum absolute atomic E-state index is 11.7. The van der Waals surface area contributed by atoms with Crippen LogP contribution in [0.3, 0.4) is 0 Å². The Morgan fingerprint density at radius 2 is 1.94 bits per heavy atom. The van der Waals surface area contributed by atoms with Gasteiger partial charge in [0, 0.05) is 6.07 Å². The summed E-state index contributed by atoms with van der Waals surface area (Å²) in [6, 6.07) is 3.40. The Kier molecular flexibility index (Phi) is 4.46. The zero-order valence-electron chi connectivity index (χ0n) is 11.3. The van der Waals surface area contributed by atoms with Gasteiger partial charge in [-0.2, -0.15) is 0 Å². The molecule has 1 rings (SSSR count). The van der Waals surface area contributed by atoms with E-state index in [0.717, 1.165) is 5.56 Å². The lowest BCUT2D eigenvalue weighted by Crippen LogP contribution is -2.27. The summed E-state index contributed by atoms with van der Waals surface area (Å²) in [5.41, 5.74) is 0.922. The predicted molar refractivity (Wildman–Crippen MR) is 72.6 cm³/mol. The molecule has 0 bridgehead atoms. The number of amides is 1. The number of carbonyl (C=O) groups excluding carboxylic acids is 1. The van der Waals surface area contributed by atoms with Crippen molar-refractivity contribution in [2.75, 3.05) is 12.4 Å². The summed E-state index contributed by atoms with van der Waals surface area (Å²) in [5.74, 6) is 0.508. The normalized spacial score (nSPS) is 11.0. The monoisotopic (exact) mass is 271 g/mol. The molecule has 1 aromatic rings. The van der Waals surface area contributed by atoms with Gasteiger partial charge in [0.15, 0.2) is 0 Å². The van der Waals surface area contributed by atoms with Crippen molar-refractivity contribution in [1.82, 2.24) is 0 Å². The van der Waals surface area contributed by atoms with Gasteiger partial charge >= 0.3 is 6.09 Å². The molecule has 0 aliphatic heterocycles. The van der Waals surface area contributed by atoms with E-state index < -0.39 is 11.7 Å². The molecule has 100 valence electrons. The molecule has 18 heavy (non-hydrogen) atoms. The van der Waals surface area contributed by atoms with E-state index in [2.05, 4.69) is 5.32 Å². The van der Waals surface area contributed by atoms with Gasteiger partial charge in [0.1, 0.15) is 11.4 Å². The van der Waals surface area contributed by atoms with Crippen LogP contribution in [0.5, 0.6) is 5.75 Å². The van der Waals surface area contributed by atoms with Crippen molar-refractivity contribution < 1.29 is 14.3 Å². The van der Waals surface area contributed by atoms with Crippen molar-refractivity contribution in [3.05, 3.63) is 22.7 Å². The first-order chi connectivity index (χ1) is 8.23. The number of benzene rings is 1. The van der Waals surface area contributed by atoms with Crippen LogP contribution in [0.25, 0.3) is 0 Å². The highest BCUT2D eigenvalue weighted by molar-refractivity contribution is 6.32. The summed E-state index contributed by atoms with van der Waals surface area (Å²) in [5, 5.41) is 3.17. The Bertz CT molecular complexity index is 452. The Hall–Kier alpha value is -1.42. The van der Waals surface area contributed by atoms with Gasteiger partial charge in [-0.05, 0) is 39.3 Å². The molecule has 0 saturated heterocycles. The lowest BCUT2D eigenvalue weighted by molar-refractivity contribution is 0.0636. The third kappa shape index (κ3) is 4.11. The number of carbonyl (C=O) groups is 1. The Labute approximate surface area is 112 Å². The van der Waals surface area contributed by atoms with E-state index in [-0.39, 0.29) is 0 Å². The van der Waals surface area contributed by atoms with E-state index in [4.69, 9.17) is 21.1 Å². The highest BCUT2D eigenvalue weighted by Crippen LogP contribution is 2.30. The van der Waals surface area contributed by atoms with Gasteiger partial charge in [0.05, 0.1) is 17.8 Å². The molecule has 0 aliphatic rings. The minimum absolute atomic E-state index is 0.504. The molecule has 0 aromatic heterocycles. The van der Waals surface area contributed by atoms with Gasteiger partial charge in [-0.3, -0.25) is 5.32 Å². The Morgan fingerprint density at radius 1 is 1.33 bits per heavy atom. The summed E-state index contributed by atoms with van der Waals surface area (Å²) >= 11 is 5.98. The van der Waals surface area contributed by atoms with Crippen LogP contribution in [0.4, 0.5) is 10.5 Å². The standard InChI is InChI=1S/C13H18ClNO3/c1-8-6-9(14)11(17-5)7-10(8)15-12(16)18-13(2,3)4/h6-7H,1-5H3,(H,15,16). The second kappa shape index (κ2) is 5.48. The van der Waals surface area contributed by atoms with Crippen molar-refractivity contribution in [3.8, 4) is 5.75 Å². The molecular formula is C13H18ClNO3. The number of methoxy groups -OCH3 is 1. The van der Waals surface area contributed by atoms with Crippen LogP contribution in [-0.4, -0.2) is 18.8 Å². The predicted octanol–water partition coefficient (Wildman–Crippen LogP) is 4.00. The lowest BCUT2D eigenvalue weighted by Gasteiger charge is -2.20. The van der Waals surface area contributed by atoms with E-state index in [1.165, 1.54) is 7.11 Å². The van der Waals surface area contributed by atoms with Gasteiger partial charge in [0.25, 0.3) is 0 Å². The van der Waals surface area contributed by atoms with Crippen LogP contribution in [-0.2, 0) is 4.74 Å². The number of halogens is 1. The molecule has 0 radical (unpaired) electrons. The molecule has 0 fully saturated rings. The maximum Gasteiger partial charge on any atom is 0.412 e. The van der Waals surface area contributed by atoms with E-state index >= 15 is 0 Å². The molecule has 1 aromatic carbocycles. The molecule has 0 aliphatic carbocycles. The lowest BCUT2D eigenvalue weighted by atomic mass is 10.2. The van der Waals surface area contributed by atoms with E-state index in [1.54, 1.807) is 12.1 Å². The number of hydrogen-bond donors (Lipinski definition) is 1. The minimum Gasteiger partial charge on any atom is -0.495 e. The molecule has 0 atom stereocenters. The molecule has 1 amide bonds. The fraction of sp³-hybridized carbons (Fsp3) is 0.462. The highest BCUT2D eigenvalue weighted by Gasteiger charge is 2.17. The molecule has 1 N–H and O–H groups in total. The van der Waals surface area contributed by atoms with Crippen LogP contribution in [0.15, 0.2) is 12.1 Å². The third-order valence-corrected chi connectivity index (χ3v) is 2.43. The van der Waals surface area contributed by atoms with Crippen LogP contribution < -0.4 is 10.1 Å². The van der Waals surface area contributed by atoms with Gasteiger partial charge < -0.3 is 9.47 Å². The molecule has 5 heteroatoms. The highest BCUT2D eigenvalue weighted by atomic mass is 35.5. The summed E-state index contributed by atoms with van der Waals surface area (Å²) in [7, 11) is 1.52. The smallest absolute Gasteiger partial charge is 0.412 e. The quantitative estimate of drug-likeness (QED) is 0.884. The first-order valence-electron chi connectivity index (χ1n) is 5.57. The summed E-state index contributed by atoms with van der Waals surface area (Å²) in [6.07, 6.45) is -0.505. The van der Waals surface area contributed by atoms with Crippen LogP contribution in [0, 0.1) is 6.92 Å². The average molecular weight is 272 g/mol. The van der Waals surface area contributed by atoms with Crippen molar-refractivity contribution in [2.45, 2.75) is 33.3 Å². The van der Waals surface area contributed by atoms with Gasteiger partial charge in [0.2, 0.25) is 0 Å². The largest absolute Gasteiger partial charge is 0.495 e. The molecular weight excluding hydrogens is 254 g/mol. The van der Waals surface area contributed by atoms with E-state index in [9.17, 15) is 4.79 Å². The number of rotatable bonds is 2. The van der Waals surface area contributed by atoms with Crippen molar-refractivity contribution in [1.29, 1.82) is 0 Å². The Morgan fingerprint density at radius 3 is 2.44 bits per heavy atom. The van der Waals surface area contributed by atoms with Crippen LogP contribution in [0.1, 0.15) is 26.3 Å². The minimum atomic E-state index is -0.533. The summed E-state index contributed by atoms with van der Waals surface area (Å²) < 4.78 is 10.3.